The molecule has 3 rings (SSSR count). The molecule has 0 bridgehead atoms. The van der Waals surface area contributed by atoms with Gasteiger partial charge in [-0.05, 0) is 53.6 Å². The SMILES string of the molecule is Cc1ccccc1SN1C(C(C)(C)C)C=C(C(=O)O)[C@@H]1c1ccc(Cl)cc1. The third kappa shape index (κ3) is 4.23. The van der Waals surface area contributed by atoms with Crippen LogP contribution in [0, 0.1) is 12.3 Å². The van der Waals surface area contributed by atoms with Crippen molar-refractivity contribution in [1.29, 1.82) is 0 Å². The van der Waals surface area contributed by atoms with Gasteiger partial charge in [0.15, 0.2) is 0 Å². The van der Waals surface area contributed by atoms with E-state index in [1.54, 1.807) is 11.9 Å². The summed E-state index contributed by atoms with van der Waals surface area (Å²) >= 11 is 7.68. The molecule has 5 heteroatoms. The monoisotopic (exact) mass is 401 g/mol. The van der Waals surface area contributed by atoms with Gasteiger partial charge in [-0.1, -0.05) is 68.8 Å². The van der Waals surface area contributed by atoms with Crippen LogP contribution in [0.25, 0.3) is 0 Å². The van der Waals surface area contributed by atoms with Gasteiger partial charge in [-0.2, -0.15) is 0 Å². The molecule has 3 nitrogen and oxygen atoms in total. The summed E-state index contributed by atoms with van der Waals surface area (Å²) in [4.78, 5) is 13.2. The molecule has 1 heterocycles. The van der Waals surface area contributed by atoms with Crippen LogP contribution in [0.3, 0.4) is 0 Å². The quantitative estimate of drug-likeness (QED) is 0.625. The number of aryl methyl sites for hydroxylation is 1. The number of hydrogen-bond acceptors (Lipinski definition) is 3. The Morgan fingerprint density at radius 3 is 2.30 bits per heavy atom. The van der Waals surface area contributed by atoms with Crippen molar-refractivity contribution in [3.63, 3.8) is 0 Å². The minimum atomic E-state index is -0.878. The maximum absolute atomic E-state index is 12.1. The molecule has 0 fully saturated rings. The van der Waals surface area contributed by atoms with E-state index in [-0.39, 0.29) is 17.5 Å². The van der Waals surface area contributed by atoms with Gasteiger partial charge in [-0.25, -0.2) is 9.10 Å². The number of hydrogen-bond donors (Lipinski definition) is 1. The Balaban J connectivity index is 2.09. The maximum Gasteiger partial charge on any atom is 0.333 e. The van der Waals surface area contributed by atoms with E-state index in [1.807, 2.05) is 42.5 Å². The van der Waals surface area contributed by atoms with Crippen LogP contribution in [0.15, 0.2) is 65.1 Å². The average molecular weight is 402 g/mol. The van der Waals surface area contributed by atoms with Gasteiger partial charge in [0.05, 0.1) is 11.6 Å². The second kappa shape index (κ2) is 7.70. The van der Waals surface area contributed by atoms with Crippen molar-refractivity contribution in [2.75, 3.05) is 0 Å². The Morgan fingerprint density at radius 1 is 1.11 bits per heavy atom. The summed E-state index contributed by atoms with van der Waals surface area (Å²) < 4.78 is 2.22. The van der Waals surface area contributed by atoms with E-state index in [1.165, 1.54) is 5.56 Å². The normalized spacial score (nSPS) is 20.6. The highest BCUT2D eigenvalue weighted by molar-refractivity contribution is 7.97. The molecule has 0 aliphatic carbocycles. The first-order valence-corrected chi connectivity index (χ1v) is 10.1. The van der Waals surface area contributed by atoms with Gasteiger partial charge >= 0.3 is 5.97 Å². The molecule has 2 aromatic carbocycles. The Bertz CT molecular complexity index is 871. The van der Waals surface area contributed by atoms with Gasteiger partial charge in [0.1, 0.15) is 0 Å². The highest BCUT2D eigenvalue weighted by atomic mass is 35.5. The van der Waals surface area contributed by atoms with Gasteiger partial charge in [-0.15, -0.1) is 0 Å². The van der Waals surface area contributed by atoms with Crippen LogP contribution in [0.1, 0.15) is 37.9 Å². The van der Waals surface area contributed by atoms with Crippen LogP contribution < -0.4 is 0 Å². The van der Waals surface area contributed by atoms with Gasteiger partial charge < -0.3 is 5.11 Å². The lowest BCUT2D eigenvalue weighted by molar-refractivity contribution is -0.133. The Morgan fingerprint density at radius 2 is 1.74 bits per heavy atom. The highest BCUT2D eigenvalue weighted by Crippen LogP contribution is 2.48. The number of rotatable bonds is 4. The van der Waals surface area contributed by atoms with Gasteiger partial charge in [0.2, 0.25) is 0 Å². The molecule has 142 valence electrons. The maximum atomic E-state index is 12.1. The predicted molar refractivity (Wildman–Crippen MR) is 112 cm³/mol. The minimum absolute atomic E-state index is 0.0196. The van der Waals surface area contributed by atoms with Crippen molar-refractivity contribution in [3.05, 3.63) is 76.3 Å². The molecule has 0 radical (unpaired) electrons. The predicted octanol–water partition coefficient (Wildman–Crippen LogP) is 6.14. The fourth-order valence-electron chi connectivity index (χ4n) is 3.31. The number of aliphatic carboxylic acids is 1. The lowest BCUT2D eigenvalue weighted by atomic mass is 9.87. The van der Waals surface area contributed by atoms with Gasteiger partial charge in [0.25, 0.3) is 0 Å². The molecule has 2 atom stereocenters. The number of halogens is 1. The summed E-state index contributed by atoms with van der Waals surface area (Å²) in [5.74, 6) is -0.878. The van der Waals surface area contributed by atoms with Crippen LogP contribution in [-0.2, 0) is 4.79 Å². The van der Waals surface area contributed by atoms with Crippen molar-refractivity contribution in [2.24, 2.45) is 5.41 Å². The highest BCUT2D eigenvalue weighted by Gasteiger charge is 2.44. The number of carbonyl (C=O) groups is 1. The van der Waals surface area contributed by atoms with Crippen molar-refractivity contribution < 1.29 is 9.90 Å². The fraction of sp³-hybridized carbons (Fsp3) is 0.318. The lowest BCUT2D eigenvalue weighted by Gasteiger charge is -2.37. The zero-order chi connectivity index (χ0) is 19.8. The Kier molecular flexibility index (Phi) is 5.71. The van der Waals surface area contributed by atoms with E-state index >= 15 is 0 Å². The molecule has 1 unspecified atom stereocenters. The fourth-order valence-corrected chi connectivity index (χ4v) is 4.84. The zero-order valence-corrected chi connectivity index (χ0v) is 17.5. The topological polar surface area (TPSA) is 40.5 Å². The second-order valence-corrected chi connectivity index (χ2v) is 9.39. The smallest absolute Gasteiger partial charge is 0.333 e. The van der Waals surface area contributed by atoms with Crippen molar-refractivity contribution in [2.45, 2.75) is 44.7 Å². The summed E-state index contributed by atoms with van der Waals surface area (Å²) in [5.41, 5.74) is 2.41. The number of benzene rings is 2. The molecule has 0 amide bonds. The van der Waals surface area contributed by atoms with Crippen LogP contribution in [-0.4, -0.2) is 21.4 Å². The summed E-state index contributed by atoms with van der Waals surface area (Å²) in [6, 6.07) is 15.3. The molecular weight excluding hydrogens is 378 g/mol. The average Bonchev–Trinajstić information content (AvgIpc) is 2.97. The molecule has 0 aromatic heterocycles. The number of carboxylic acids is 1. The first kappa shape index (κ1) is 20.0. The third-order valence-electron chi connectivity index (χ3n) is 4.78. The minimum Gasteiger partial charge on any atom is -0.478 e. The zero-order valence-electron chi connectivity index (χ0n) is 15.9. The lowest BCUT2D eigenvalue weighted by Crippen LogP contribution is -2.37. The van der Waals surface area contributed by atoms with E-state index in [0.717, 1.165) is 10.5 Å². The standard InChI is InChI=1S/C22H24ClNO2S/c1-14-7-5-6-8-18(14)27-24-19(22(2,3)4)13-17(21(25)26)20(24)15-9-11-16(23)12-10-15/h5-13,19-20H,1-4H3,(H,25,26)/t19?,20-/m0/s1. The first-order chi connectivity index (χ1) is 12.7. The summed E-state index contributed by atoms with van der Waals surface area (Å²) in [5, 5.41) is 10.5. The van der Waals surface area contributed by atoms with E-state index < -0.39 is 5.97 Å². The molecule has 0 spiro atoms. The molecule has 27 heavy (non-hydrogen) atoms. The number of nitrogens with zero attached hydrogens (tertiary/aromatic N) is 1. The van der Waals surface area contributed by atoms with E-state index in [4.69, 9.17) is 11.6 Å². The van der Waals surface area contributed by atoms with E-state index in [9.17, 15) is 9.90 Å². The van der Waals surface area contributed by atoms with Gasteiger partial charge in [-0.3, -0.25) is 0 Å². The van der Waals surface area contributed by atoms with E-state index in [0.29, 0.717) is 10.6 Å². The van der Waals surface area contributed by atoms with Crippen LogP contribution in [0.5, 0.6) is 0 Å². The van der Waals surface area contributed by atoms with Crippen molar-refractivity contribution in [3.8, 4) is 0 Å². The largest absolute Gasteiger partial charge is 0.478 e. The molecule has 2 aromatic rings. The Labute approximate surface area is 170 Å². The third-order valence-corrected chi connectivity index (χ3v) is 6.33. The van der Waals surface area contributed by atoms with Crippen LogP contribution in [0.4, 0.5) is 0 Å². The summed E-state index contributed by atoms with van der Waals surface area (Å²) in [6.07, 6.45) is 1.91. The molecule has 0 saturated carbocycles. The van der Waals surface area contributed by atoms with Crippen LogP contribution in [0.2, 0.25) is 5.02 Å². The molecule has 1 aliphatic rings. The Hall–Kier alpha value is -1.75. The van der Waals surface area contributed by atoms with Crippen molar-refractivity contribution in [1.82, 2.24) is 4.31 Å². The second-order valence-electron chi connectivity index (χ2n) is 7.91. The van der Waals surface area contributed by atoms with Crippen LogP contribution >= 0.6 is 23.5 Å². The molecular formula is C22H24ClNO2S. The first-order valence-electron chi connectivity index (χ1n) is 8.91. The molecule has 1 aliphatic heterocycles. The number of carboxylic acid groups (broad SMARTS) is 1. The molecule has 1 N–H and O–H groups in total. The molecule has 0 saturated heterocycles. The summed E-state index contributed by atoms with van der Waals surface area (Å²) in [7, 11) is 0. The van der Waals surface area contributed by atoms with Crippen molar-refractivity contribution >= 4 is 29.5 Å². The van der Waals surface area contributed by atoms with Gasteiger partial charge in [0, 0.05) is 16.0 Å². The summed E-state index contributed by atoms with van der Waals surface area (Å²) in [6.45, 7) is 8.50. The van der Waals surface area contributed by atoms with E-state index in [2.05, 4.69) is 44.1 Å².